The molecule has 1 aliphatic heterocycles. The van der Waals surface area contributed by atoms with Gasteiger partial charge in [0.2, 0.25) is 0 Å². The Morgan fingerprint density at radius 1 is 1.00 bits per heavy atom. The second-order valence-electron chi connectivity index (χ2n) is 7.11. The van der Waals surface area contributed by atoms with Crippen LogP contribution in [0.1, 0.15) is 54.6 Å². The Labute approximate surface area is 151 Å². The second kappa shape index (κ2) is 6.06. The molecule has 3 aromatic heterocycles. The van der Waals surface area contributed by atoms with Crippen molar-refractivity contribution in [3.63, 3.8) is 0 Å². The molecule has 0 radical (unpaired) electrons. The normalized spacial score (nSPS) is 18.2. The topological polar surface area (TPSA) is 83.0 Å². The summed E-state index contributed by atoms with van der Waals surface area (Å²) in [6.07, 6.45) is 6.13. The average molecular weight is 345 g/mol. The third-order valence-electron chi connectivity index (χ3n) is 5.37. The van der Waals surface area contributed by atoms with Crippen LogP contribution in [0.25, 0.3) is 5.65 Å². The zero-order chi connectivity index (χ0) is 17.5. The Bertz CT molecular complexity index is 991. The first-order chi connectivity index (χ1) is 12.8. The number of rotatable bonds is 3. The van der Waals surface area contributed by atoms with E-state index in [1.165, 1.54) is 12.8 Å². The minimum atomic E-state index is 0.331. The minimum absolute atomic E-state index is 0.331. The molecule has 7 heteroatoms. The van der Waals surface area contributed by atoms with Crippen LogP contribution in [0.2, 0.25) is 0 Å². The first kappa shape index (κ1) is 15.3. The number of hydrogen-bond acceptors (Lipinski definition) is 6. The Morgan fingerprint density at radius 2 is 1.85 bits per heavy atom. The summed E-state index contributed by atoms with van der Waals surface area (Å²) in [6, 6.07) is 9.98. The van der Waals surface area contributed by atoms with Crippen LogP contribution in [-0.4, -0.2) is 37.9 Å². The van der Waals surface area contributed by atoms with E-state index in [4.69, 9.17) is 5.10 Å². The van der Waals surface area contributed by atoms with Gasteiger partial charge in [-0.1, -0.05) is 0 Å². The van der Waals surface area contributed by atoms with E-state index < -0.39 is 0 Å². The number of piperidine rings is 1. The standard InChI is InChI=1S/C19H19N7/c20-12-15-2-1-9-21-18(15)25-10-7-14(8-11-25)19-23-22-17-6-5-16(13-3-4-13)24-26(17)19/h1-2,5-6,9,13-14H,3-4,7-8,10-11H2. The fourth-order valence-electron chi connectivity index (χ4n) is 3.76. The lowest BCUT2D eigenvalue weighted by molar-refractivity contribution is 0.474. The first-order valence-corrected chi connectivity index (χ1v) is 9.16. The number of nitrogens with zero attached hydrogens (tertiary/aromatic N) is 7. The van der Waals surface area contributed by atoms with E-state index in [9.17, 15) is 5.26 Å². The van der Waals surface area contributed by atoms with Crippen LogP contribution in [0, 0.1) is 11.3 Å². The summed E-state index contributed by atoms with van der Waals surface area (Å²) in [7, 11) is 0. The van der Waals surface area contributed by atoms with E-state index in [1.54, 1.807) is 12.3 Å². The van der Waals surface area contributed by atoms with Crippen LogP contribution in [0.15, 0.2) is 30.5 Å². The molecule has 130 valence electrons. The summed E-state index contributed by atoms with van der Waals surface area (Å²) < 4.78 is 1.94. The van der Waals surface area contributed by atoms with Gasteiger partial charge < -0.3 is 4.90 Å². The van der Waals surface area contributed by atoms with Gasteiger partial charge in [0, 0.05) is 31.1 Å². The molecule has 1 aliphatic carbocycles. The molecular weight excluding hydrogens is 326 g/mol. The maximum atomic E-state index is 9.30. The molecule has 4 heterocycles. The van der Waals surface area contributed by atoms with E-state index >= 15 is 0 Å². The van der Waals surface area contributed by atoms with Gasteiger partial charge in [0.05, 0.1) is 11.3 Å². The van der Waals surface area contributed by atoms with Crippen LogP contribution >= 0.6 is 0 Å². The molecule has 1 saturated carbocycles. The largest absolute Gasteiger partial charge is 0.355 e. The van der Waals surface area contributed by atoms with Gasteiger partial charge in [-0.2, -0.15) is 14.9 Å². The number of pyridine rings is 1. The van der Waals surface area contributed by atoms with Crippen molar-refractivity contribution in [2.45, 2.75) is 37.5 Å². The van der Waals surface area contributed by atoms with E-state index in [0.717, 1.165) is 48.9 Å². The summed E-state index contributed by atoms with van der Waals surface area (Å²) in [5.41, 5.74) is 2.61. The summed E-state index contributed by atoms with van der Waals surface area (Å²) >= 11 is 0. The third-order valence-corrected chi connectivity index (χ3v) is 5.37. The van der Waals surface area contributed by atoms with Gasteiger partial charge in [-0.25, -0.2) is 4.98 Å². The fraction of sp³-hybridized carbons (Fsp3) is 0.421. The highest BCUT2D eigenvalue weighted by Crippen LogP contribution is 2.39. The van der Waals surface area contributed by atoms with Gasteiger partial charge in [0.25, 0.3) is 0 Å². The van der Waals surface area contributed by atoms with Crippen molar-refractivity contribution in [3.8, 4) is 6.07 Å². The maximum absolute atomic E-state index is 9.30. The highest BCUT2D eigenvalue weighted by molar-refractivity contribution is 5.53. The Balaban J connectivity index is 1.38. The molecule has 0 aromatic carbocycles. The zero-order valence-electron chi connectivity index (χ0n) is 14.4. The van der Waals surface area contributed by atoms with E-state index in [2.05, 4.69) is 32.2 Å². The van der Waals surface area contributed by atoms with Crippen LogP contribution in [0.4, 0.5) is 5.82 Å². The molecule has 3 aromatic rings. The lowest BCUT2D eigenvalue weighted by Crippen LogP contribution is -2.34. The van der Waals surface area contributed by atoms with Gasteiger partial charge >= 0.3 is 0 Å². The smallest absolute Gasteiger partial charge is 0.177 e. The number of hydrogen-bond donors (Lipinski definition) is 0. The van der Waals surface area contributed by atoms with Crippen LogP contribution in [0.5, 0.6) is 0 Å². The van der Waals surface area contributed by atoms with Crippen LogP contribution in [-0.2, 0) is 0 Å². The Kier molecular flexibility index (Phi) is 3.56. The van der Waals surface area contributed by atoms with Crippen LogP contribution < -0.4 is 4.90 Å². The summed E-state index contributed by atoms with van der Waals surface area (Å²) in [6.45, 7) is 1.71. The molecule has 26 heavy (non-hydrogen) atoms. The fourth-order valence-corrected chi connectivity index (χ4v) is 3.76. The monoisotopic (exact) mass is 345 g/mol. The van der Waals surface area contributed by atoms with E-state index in [1.807, 2.05) is 16.6 Å². The molecule has 2 aliphatic rings. The number of anilines is 1. The van der Waals surface area contributed by atoms with Crippen molar-refractivity contribution in [1.29, 1.82) is 5.26 Å². The number of aromatic nitrogens is 5. The SMILES string of the molecule is N#Cc1cccnc1N1CCC(c2nnc3ccc(C4CC4)nn23)CC1. The number of nitriles is 1. The molecule has 0 unspecified atom stereocenters. The van der Waals surface area contributed by atoms with Crippen molar-refractivity contribution in [1.82, 2.24) is 24.8 Å². The predicted molar refractivity (Wildman–Crippen MR) is 95.9 cm³/mol. The van der Waals surface area contributed by atoms with Crippen molar-refractivity contribution in [2.24, 2.45) is 0 Å². The van der Waals surface area contributed by atoms with E-state index in [-0.39, 0.29) is 0 Å². The first-order valence-electron chi connectivity index (χ1n) is 9.16. The molecule has 7 nitrogen and oxygen atoms in total. The van der Waals surface area contributed by atoms with Crippen molar-refractivity contribution >= 4 is 11.5 Å². The summed E-state index contributed by atoms with van der Waals surface area (Å²) in [5.74, 6) is 2.69. The van der Waals surface area contributed by atoms with Gasteiger partial charge in [0.1, 0.15) is 11.9 Å². The Morgan fingerprint density at radius 3 is 2.62 bits per heavy atom. The number of fused-ring (bicyclic) bond motifs is 1. The quantitative estimate of drug-likeness (QED) is 0.726. The molecule has 0 atom stereocenters. The van der Waals surface area contributed by atoms with Crippen LogP contribution in [0.3, 0.4) is 0 Å². The van der Waals surface area contributed by atoms with Gasteiger partial charge in [-0.15, -0.1) is 10.2 Å². The van der Waals surface area contributed by atoms with Gasteiger partial charge in [-0.05, 0) is 49.9 Å². The molecule has 1 saturated heterocycles. The Hall–Kier alpha value is -3.01. The van der Waals surface area contributed by atoms with Gasteiger partial charge in [0.15, 0.2) is 11.5 Å². The summed E-state index contributed by atoms with van der Waals surface area (Å²) in [5, 5.41) is 22.8. The molecule has 0 amide bonds. The maximum Gasteiger partial charge on any atom is 0.177 e. The van der Waals surface area contributed by atoms with Gasteiger partial charge in [-0.3, -0.25) is 0 Å². The van der Waals surface area contributed by atoms with E-state index in [0.29, 0.717) is 17.4 Å². The molecule has 0 N–H and O–H groups in total. The molecule has 5 rings (SSSR count). The zero-order valence-corrected chi connectivity index (χ0v) is 14.4. The van der Waals surface area contributed by atoms with Crippen molar-refractivity contribution in [3.05, 3.63) is 47.5 Å². The molecule has 0 bridgehead atoms. The molecular formula is C19H19N7. The molecule has 0 spiro atoms. The second-order valence-corrected chi connectivity index (χ2v) is 7.11. The highest BCUT2D eigenvalue weighted by atomic mass is 15.4. The minimum Gasteiger partial charge on any atom is -0.355 e. The lowest BCUT2D eigenvalue weighted by atomic mass is 9.96. The third kappa shape index (κ3) is 2.58. The average Bonchev–Trinajstić information content (AvgIpc) is 3.47. The predicted octanol–water partition coefficient (Wildman–Crippen LogP) is 2.65. The van der Waals surface area contributed by atoms with Crippen molar-refractivity contribution in [2.75, 3.05) is 18.0 Å². The summed E-state index contributed by atoms with van der Waals surface area (Å²) in [4.78, 5) is 6.60. The molecule has 2 fully saturated rings. The van der Waals surface area contributed by atoms with Crippen molar-refractivity contribution < 1.29 is 0 Å². The lowest BCUT2D eigenvalue weighted by Gasteiger charge is -2.32. The highest BCUT2D eigenvalue weighted by Gasteiger charge is 2.29.